The SMILES string of the molecule is COc1ccc(OCCOc2ccccc2/C=C2\SC(=S)N(c3ccccc3)C2=O)cc1. The van der Waals surface area contributed by atoms with Crippen molar-refractivity contribution in [3.05, 3.63) is 89.3 Å². The number of benzene rings is 3. The Bertz CT molecular complexity index is 1130. The zero-order chi connectivity index (χ0) is 22.3. The molecule has 0 unspecified atom stereocenters. The van der Waals surface area contributed by atoms with Crippen LogP contribution in [0.25, 0.3) is 6.08 Å². The second kappa shape index (κ2) is 10.3. The molecule has 0 saturated carbocycles. The Morgan fingerprint density at radius 2 is 1.53 bits per heavy atom. The molecule has 5 nitrogen and oxygen atoms in total. The second-order valence-corrected chi connectivity index (χ2v) is 8.44. The summed E-state index contributed by atoms with van der Waals surface area (Å²) in [4.78, 5) is 15.1. The number of anilines is 1. The van der Waals surface area contributed by atoms with Gasteiger partial charge in [0.25, 0.3) is 5.91 Å². The predicted octanol–water partition coefficient (Wildman–Crippen LogP) is 5.56. The minimum Gasteiger partial charge on any atom is -0.497 e. The number of nitrogens with zero attached hydrogens (tertiary/aromatic N) is 1. The molecule has 0 spiro atoms. The number of carbonyl (C=O) groups excluding carboxylic acids is 1. The van der Waals surface area contributed by atoms with Crippen molar-refractivity contribution in [3.63, 3.8) is 0 Å². The maximum Gasteiger partial charge on any atom is 0.270 e. The molecule has 3 aromatic rings. The number of rotatable bonds is 8. The van der Waals surface area contributed by atoms with E-state index in [1.54, 1.807) is 12.0 Å². The summed E-state index contributed by atoms with van der Waals surface area (Å²) >= 11 is 6.73. The summed E-state index contributed by atoms with van der Waals surface area (Å²) < 4.78 is 17.3. The van der Waals surface area contributed by atoms with E-state index in [1.165, 1.54) is 11.8 Å². The van der Waals surface area contributed by atoms with E-state index in [1.807, 2.05) is 84.9 Å². The molecule has 1 saturated heterocycles. The molecule has 0 bridgehead atoms. The van der Waals surface area contributed by atoms with E-state index in [0.717, 1.165) is 22.7 Å². The van der Waals surface area contributed by atoms with Crippen LogP contribution in [0.3, 0.4) is 0 Å². The summed E-state index contributed by atoms with van der Waals surface area (Å²) in [5.41, 5.74) is 1.57. The molecule has 4 rings (SSSR count). The Labute approximate surface area is 196 Å². The molecule has 0 N–H and O–H groups in total. The number of para-hydroxylation sites is 2. The van der Waals surface area contributed by atoms with Crippen molar-refractivity contribution in [3.8, 4) is 17.2 Å². The van der Waals surface area contributed by atoms with Crippen molar-refractivity contribution in [1.29, 1.82) is 0 Å². The van der Waals surface area contributed by atoms with Gasteiger partial charge in [0.2, 0.25) is 0 Å². The highest BCUT2D eigenvalue weighted by atomic mass is 32.2. The highest BCUT2D eigenvalue weighted by Gasteiger charge is 2.33. The zero-order valence-electron chi connectivity index (χ0n) is 17.4. The molecule has 7 heteroatoms. The van der Waals surface area contributed by atoms with E-state index in [0.29, 0.717) is 28.2 Å². The fraction of sp³-hybridized carbons (Fsp3) is 0.120. The Balaban J connectivity index is 1.41. The fourth-order valence-electron chi connectivity index (χ4n) is 3.12. The van der Waals surface area contributed by atoms with Gasteiger partial charge in [0.15, 0.2) is 4.32 Å². The molecule has 0 radical (unpaired) electrons. The Hall–Kier alpha value is -3.29. The molecule has 0 aromatic heterocycles. The largest absolute Gasteiger partial charge is 0.497 e. The van der Waals surface area contributed by atoms with Crippen LogP contribution in [0, 0.1) is 0 Å². The molecule has 1 amide bonds. The van der Waals surface area contributed by atoms with Crippen molar-refractivity contribution < 1.29 is 19.0 Å². The van der Waals surface area contributed by atoms with E-state index >= 15 is 0 Å². The highest BCUT2D eigenvalue weighted by molar-refractivity contribution is 8.27. The number of methoxy groups -OCH3 is 1. The molecule has 1 heterocycles. The molecule has 1 aliphatic rings. The lowest BCUT2D eigenvalue weighted by molar-refractivity contribution is -0.113. The summed E-state index contributed by atoms with van der Waals surface area (Å²) in [6.45, 7) is 0.749. The molecule has 0 aliphatic carbocycles. The maximum atomic E-state index is 13.0. The lowest BCUT2D eigenvalue weighted by Crippen LogP contribution is -2.27. The van der Waals surface area contributed by atoms with E-state index < -0.39 is 0 Å². The normalized spacial score (nSPS) is 14.7. The van der Waals surface area contributed by atoms with E-state index in [2.05, 4.69) is 0 Å². The van der Waals surface area contributed by atoms with Gasteiger partial charge in [-0.1, -0.05) is 60.4 Å². The van der Waals surface area contributed by atoms with Crippen LogP contribution in [0.15, 0.2) is 83.8 Å². The van der Waals surface area contributed by atoms with Crippen molar-refractivity contribution in [2.45, 2.75) is 0 Å². The van der Waals surface area contributed by atoms with Gasteiger partial charge < -0.3 is 14.2 Å². The summed E-state index contributed by atoms with van der Waals surface area (Å²) in [5.74, 6) is 2.06. The number of amides is 1. The van der Waals surface area contributed by atoms with Crippen molar-refractivity contribution in [1.82, 2.24) is 0 Å². The lowest BCUT2D eigenvalue weighted by atomic mass is 10.2. The summed E-state index contributed by atoms with van der Waals surface area (Å²) in [6.07, 6.45) is 1.82. The van der Waals surface area contributed by atoms with Crippen molar-refractivity contribution in [2.75, 3.05) is 25.2 Å². The van der Waals surface area contributed by atoms with E-state index in [-0.39, 0.29) is 5.91 Å². The maximum absolute atomic E-state index is 13.0. The number of hydrogen-bond donors (Lipinski definition) is 0. The standard InChI is InChI=1S/C25H21NO4S2/c1-28-20-11-13-21(14-12-20)29-15-16-30-22-10-6-5-7-18(22)17-23-24(27)26(25(31)32-23)19-8-3-2-4-9-19/h2-14,17H,15-16H2,1H3/b23-17-. The van der Waals surface area contributed by atoms with Crippen LogP contribution in [0.5, 0.6) is 17.2 Å². The summed E-state index contributed by atoms with van der Waals surface area (Å²) in [6, 6.07) is 24.4. The van der Waals surface area contributed by atoms with Crippen LogP contribution in [0.4, 0.5) is 5.69 Å². The smallest absolute Gasteiger partial charge is 0.270 e. The third-order valence-corrected chi connectivity index (χ3v) is 5.98. The first-order valence-corrected chi connectivity index (χ1v) is 11.2. The van der Waals surface area contributed by atoms with Crippen LogP contribution in [0.2, 0.25) is 0 Å². The molecule has 3 aromatic carbocycles. The van der Waals surface area contributed by atoms with Gasteiger partial charge >= 0.3 is 0 Å². The molecular formula is C25H21NO4S2. The fourth-order valence-corrected chi connectivity index (χ4v) is 4.41. The quantitative estimate of drug-likeness (QED) is 0.248. The molecule has 0 atom stereocenters. The molecule has 162 valence electrons. The van der Waals surface area contributed by atoms with E-state index in [4.69, 9.17) is 26.4 Å². The van der Waals surface area contributed by atoms with Gasteiger partial charge in [0, 0.05) is 5.56 Å². The number of hydrogen-bond acceptors (Lipinski definition) is 6. The third kappa shape index (κ3) is 5.12. The van der Waals surface area contributed by atoms with Crippen molar-refractivity contribution in [2.24, 2.45) is 0 Å². The van der Waals surface area contributed by atoms with Crippen LogP contribution in [-0.4, -0.2) is 30.6 Å². The molecular weight excluding hydrogens is 442 g/mol. The number of thiocarbonyl (C=S) groups is 1. The van der Waals surface area contributed by atoms with Gasteiger partial charge in [-0.25, -0.2) is 0 Å². The van der Waals surface area contributed by atoms with E-state index in [9.17, 15) is 4.79 Å². The molecule has 32 heavy (non-hydrogen) atoms. The zero-order valence-corrected chi connectivity index (χ0v) is 19.0. The third-order valence-electron chi connectivity index (χ3n) is 4.68. The first-order chi connectivity index (χ1) is 15.7. The lowest BCUT2D eigenvalue weighted by Gasteiger charge is -2.14. The van der Waals surface area contributed by atoms with Gasteiger partial charge in [-0.3, -0.25) is 9.69 Å². The molecule has 1 fully saturated rings. The molecule has 1 aliphatic heterocycles. The van der Waals surface area contributed by atoms with Gasteiger partial charge in [0.05, 0.1) is 17.7 Å². The van der Waals surface area contributed by atoms with Crippen molar-refractivity contribution >= 4 is 46.0 Å². The monoisotopic (exact) mass is 463 g/mol. The predicted molar refractivity (Wildman–Crippen MR) is 133 cm³/mol. The number of thioether (sulfide) groups is 1. The first-order valence-electron chi connectivity index (χ1n) is 9.97. The Morgan fingerprint density at radius 3 is 2.28 bits per heavy atom. The van der Waals surface area contributed by atoms with Gasteiger partial charge in [-0.2, -0.15) is 0 Å². The summed E-state index contributed by atoms with van der Waals surface area (Å²) in [7, 11) is 1.63. The second-order valence-electron chi connectivity index (χ2n) is 6.76. The van der Waals surface area contributed by atoms with Gasteiger partial charge in [-0.05, 0) is 48.5 Å². The summed E-state index contributed by atoms with van der Waals surface area (Å²) in [5, 5.41) is 0. The van der Waals surface area contributed by atoms with Gasteiger partial charge in [-0.15, -0.1) is 0 Å². The number of carbonyl (C=O) groups is 1. The minimum atomic E-state index is -0.135. The topological polar surface area (TPSA) is 48.0 Å². The van der Waals surface area contributed by atoms with Gasteiger partial charge in [0.1, 0.15) is 30.5 Å². The van der Waals surface area contributed by atoms with Crippen LogP contribution in [-0.2, 0) is 4.79 Å². The first kappa shape index (κ1) is 21.9. The average molecular weight is 464 g/mol. The highest BCUT2D eigenvalue weighted by Crippen LogP contribution is 2.37. The minimum absolute atomic E-state index is 0.135. The Morgan fingerprint density at radius 1 is 0.875 bits per heavy atom. The number of ether oxygens (including phenoxy) is 3. The van der Waals surface area contributed by atoms with Crippen LogP contribution < -0.4 is 19.1 Å². The van der Waals surface area contributed by atoms with Crippen LogP contribution >= 0.6 is 24.0 Å². The average Bonchev–Trinajstić information content (AvgIpc) is 3.11. The van der Waals surface area contributed by atoms with Crippen LogP contribution in [0.1, 0.15) is 5.56 Å². The Kier molecular flexibility index (Phi) is 7.09.